The van der Waals surface area contributed by atoms with E-state index in [1.54, 1.807) is 6.20 Å². The van der Waals surface area contributed by atoms with Gasteiger partial charge >= 0.3 is 5.97 Å². The SMILES string of the molecule is CN(Cc1ccnc2ccccc12)S(=O)(=O)C[C@@H]1C[C@H]1C(=O)O. The number of rotatable bonds is 6. The second kappa shape index (κ2) is 5.90. The van der Waals surface area contributed by atoms with Crippen LogP contribution in [0.15, 0.2) is 36.5 Å². The normalized spacial score (nSPS) is 20.8. The van der Waals surface area contributed by atoms with Gasteiger partial charge in [0.15, 0.2) is 0 Å². The maximum atomic E-state index is 12.4. The van der Waals surface area contributed by atoms with Crippen molar-refractivity contribution in [1.82, 2.24) is 9.29 Å². The summed E-state index contributed by atoms with van der Waals surface area (Å²) in [6.07, 6.45) is 2.11. The number of sulfonamides is 1. The fourth-order valence-corrected chi connectivity index (χ4v) is 4.26. The smallest absolute Gasteiger partial charge is 0.306 e. The third-order valence-electron chi connectivity index (χ3n) is 4.27. The van der Waals surface area contributed by atoms with Crippen LogP contribution in [0.3, 0.4) is 0 Å². The molecule has 1 aromatic heterocycles. The molecule has 1 aliphatic rings. The third-order valence-corrected chi connectivity index (χ3v) is 6.20. The molecule has 0 bridgehead atoms. The number of nitrogens with zero attached hydrogens (tertiary/aromatic N) is 2. The first-order valence-electron chi connectivity index (χ1n) is 7.38. The van der Waals surface area contributed by atoms with Crippen molar-refractivity contribution in [3.05, 3.63) is 42.1 Å². The standard InChI is InChI=1S/C16H18N2O4S/c1-18(23(21,22)10-12-8-14(12)16(19)20)9-11-6-7-17-15-5-3-2-4-13(11)15/h2-7,12,14H,8-10H2,1H3,(H,19,20)/t12-,14+/m0/s1. The van der Waals surface area contributed by atoms with Gasteiger partial charge in [0.2, 0.25) is 10.0 Å². The lowest BCUT2D eigenvalue weighted by Crippen LogP contribution is -2.30. The van der Waals surface area contributed by atoms with Gasteiger partial charge in [0.25, 0.3) is 0 Å². The summed E-state index contributed by atoms with van der Waals surface area (Å²) in [5.74, 6) is -1.80. The highest BCUT2D eigenvalue weighted by atomic mass is 32.2. The average Bonchev–Trinajstić information content (AvgIpc) is 3.26. The molecule has 3 rings (SSSR count). The van der Waals surface area contributed by atoms with Crippen molar-refractivity contribution in [3.63, 3.8) is 0 Å². The molecule has 0 saturated heterocycles. The largest absolute Gasteiger partial charge is 0.481 e. The Kier molecular flexibility index (Phi) is 4.08. The van der Waals surface area contributed by atoms with Crippen molar-refractivity contribution in [2.75, 3.05) is 12.8 Å². The van der Waals surface area contributed by atoms with Crippen LogP contribution in [-0.2, 0) is 21.4 Å². The van der Waals surface area contributed by atoms with Crippen LogP contribution in [0.25, 0.3) is 10.9 Å². The highest BCUT2D eigenvalue weighted by Crippen LogP contribution is 2.40. The van der Waals surface area contributed by atoms with Gasteiger partial charge in [-0.05, 0) is 30.0 Å². The Bertz CT molecular complexity index is 845. The Morgan fingerprint density at radius 1 is 1.35 bits per heavy atom. The predicted octanol–water partition coefficient (Wildman–Crippen LogP) is 1.72. The molecule has 1 N–H and O–H groups in total. The Labute approximate surface area is 134 Å². The van der Waals surface area contributed by atoms with Crippen LogP contribution in [0.2, 0.25) is 0 Å². The van der Waals surface area contributed by atoms with Crippen LogP contribution in [0.4, 0.5) is 0 Å². The summed E-state index contributed by atoms with van der Waals surface area (Å²) in [6.45, 7) is 0.246. The lowest BCUT2D eigenvalue weighted by Gasteiger charge is -2.18. The molecular formula is C16H18N2O4S. The fraction of sp³-hybridized carbons (Fsp3) is 0.375. The summed E-state index contributed by atoms with van der Waals surface area (Å²) in [4.78, 5) is 15.1. The average molecular weight is 334 g/mol. The second-order valence-corrected chi connectivity index (χ2v) is 8.08. The Hall–Kier alpha value is -1.99. The van der Waals surface area contributed by atoms with Crippen LogP contribution >= 0.6 is 0 Å². The Balaban J connectivity index is 1.75. The maximum absolute atomic E-state index is 12.4. The first kappa shape index (κ1) is 15.9. The number of carbonyl (C=O) groups is 1. The molecule has 1 heterocycles. The molecule has 0 unspecified atom stereocenters. The van der Waals surface area contributed by atoms with Crippen LogP contribution < -0.4 is 0 Å². The van der Waals surface area contributed by atoms with Crippen LogP contribution in [-0.4, -0.2) is 41.6 Å². The summed E-state index contributed by atoms with van der Waals surface area (Å²) in [6, 6.07) is 9.39. The monoisotopic (exact) mass is 334 g/mol. The van der Waals surface area contributed by atoms with Gasteiger partial charge < -0.3 is 5.11 Å². The lowest BCUT2D eigenvalue weighted by molar-refractivity contribution is -0.138. The summed E-state index contributed by atoms with van der Waals surface area (Å²) in [7, 11) is -1.95. The quantitative estimate of drug-likeness (QED) is 0.869. The number of hydrogen-bond acceptors (Lipinski definition) is 4. The van der Waals surface area contributed by atoms with E-state index in [9.17, 15) is 13.2 Å². The topological polar surface area (TPSA) is 87.6 Å². The number of aliphatic carboxylic acids is 1. The zero-order valence-corrected chi connectivity index (χ0v) is 13.5. The molecule has 1 saturated carbocycles. The van der Waals surface area contributed by atoms with Gasteiger partial charge in [-0.1, -0.05) is 18.2 Å². The van der Waals surface area contributed by atoms with Crippen molar-refractivity contribution in [3.8, 4) is 0 Å². The van der Waals surface area contributed by atoms with E-state index in [4.69, 9.17) is 5.11 Å². The first-order valence-corrected chi connectivity index (χ1v) is 8.99. The van der Waals surface area contributed by atoms with E-state index >= 15 is 0 Å². The minimum absolute atomic E-state index is 0.108. The van der Waals surface area contributed by atoms with E-state index in [1.807, 2.05) is 30.3 Å². The minimum atomic E-state index is -3.48. The molecule has 23 heavy (non-hydrogen) atoms. The molecule has 2 atom stereocenters. The van der Waals surface area contributed by atoms with E-state index in [2.05, 4.69) is 4.98 Å². The zero-order chi connectivity index (χ0) is 16.6. The number of carboxylic acids is 1. The number of para-hydroxylation sites is 1. The second-order valence-electron chi connectivity index (χ2n) is 5.96. The highest BCUT2D eigenvalue weighted by Gasteiger charge is 2.46. The van der Waals surface area contributed by atoms with Crippen molar-refractivity contribution in [1.29, 1.82) is 0 Å². The molecule has 7 heteroatoms. The summed E-state index contributed by atoms with van der Waals surface area (Å²) >= 11 is 0. The summed E-state index contributed by atoms with van der Waals surface area (Å²) in [5, 5.41) is 9.82. The number of fused-ring (bicyclic) bond motifs is 1. The van der Waals surface area contributed by atoms with Crippen LogP contribution in [0.5, 0.6) is 0 Å². The van der Waals surface area contributed by atoms with Crippen molar-refractivity contribution in [2.24, 2.45) is 11.8 Å². The molecule has 0 amide bonds. The van der Waals surface area contributed by atoms with E-state index in [0.717, 1.165) is 16.5 Å². The van der Waals surface area contributed by atoms with E-state index < -0.39 is 21.9 Å². The van der Waals surface area contributed by atoms with Gasteiger partial charge in [0.05, 0.1) is 17.2 Å². The summed E-state index contributed by atoms with van der Waals surface area (Å²) in [5.41, 5.74) is 1.70. The first-order chi connectivity index (χ1) is 10.9. The van der Waals surface area contributed by atoms with Crippen molar-refractivity contribution < 1.29 is 18.3 Å². The molecule has 6 nitrogen and oxygen atoms in total. The van der Waals surface area contributed by atoms with Gasteiger partial charge in [-0.3, -0.25) is 9.78 Å². The minimum Gasteiger partial charge on any atom is -0.481 e. The number of benzene rings is 1. The number of pyridine rings is 1. The van der Waals surface area contributed by atoms with Gasteiger partial charge in [0, 0.05) is 25.2 Å². The number of aromatic nitrogens is 1. The summed E-state index contributed by atoms with van der Waals surface area (Å²) < 4.78 is 26.1. The predicted molar refractivity (Wildman–Crippen MR) is 86.2 cm³/mol. The maximum Gasteiger partial charge on any atom is 0.306 e. The molecule has 0 radical (unpaired) electrons. The molecule has 0 aliphatic heterocycles. The molecular weight excluding hydrogens is 316 g/mol. The van der Waals surface area contributed by atoms with E-state index in [1.165, 1.54) is 11.4 Å². The van der Waals surface area contributed by atoms with Crippen LogP contribution in [0.1, 0.15) is 12.0 Å². The van der Waals surface area contributed by atoms with Crippen LogP contribution in [0, 0.1) is 11.8 Å². The lowest BCUT2D eigenvalue weighted by atomic mass is 10.1. The van der Waals surface area contributed by atoms with Crippen molar-refractivity contribution >= 4 is 26.9 Å². The Morgan fingerprint density at radius 3 is 2.78 bits per heavy atom. The Morgan fingerprint density at radius 2 is 2.09 bits per heavy atom. The van der Waals surface area contributed by atoms with Gasteiger partial charge in [-0.2, -0.15) is 0 Å². The molecule has 122 valence electrons. The van der Waals surface area contributed by atoms with Gasteiger partial charge in [-0.15, -0.1) is 0 Å². The van der Waals surface area contributed by atoms with Crippen molar-refractivity contribution in [2.45, 2.75) is 13.0 Å². The molecule has 2 aromatic rings. The molecule has 1 aliphatic carbocycles. The zero-order valence-electron chi connectivity index (χ0n) is 12.7. The highest BCUT2D eigenvalue weighted by molar-refractivity contribution is 7.89. The number of hydrogen-bond donors (Lipinski definition) is 1. The van der Waals surface area contributed by atoms with Gasteiger partial charge in [0.1, 0.15) is 0 Å². The van der Waals surface area contributed by atoms with E-state index in [0.29, 0.717) is 6.42 Å². The fourth-order valence-electron chi connectivity index (χ4n) is 2.76. The van der Waals surface area contributed by atoms with E-state index in [-0.39, 0.29) is 18.2 Å². The molecule has 1 fully saturated rings. The van der Waals surface area contributed by atoms with Gasteiger partial charge in [-0.25, -0.2) is 12.7 Å². The third kappa shape index (κ3) is 3.35. The molecule has 0 spiro atoms. The number of carboxylic acid groups (broad SMARTS) is 1. The molecule has 1 aromatic carbocycles.